The first-order valence-corrected chi connectivity index (χ1v) is 11.3. The van der Waals surface area contributed by atoms with Gasteiger partial charge in [0.25, 0.3) is 17.0 Å². The standard InChI is InChI=1S/C26H30N4O3/c1-26(2,3)19-7-9-21(10-8-19)29-15-13-20(14-16-29)27-25(33)18-5-4-6-22(17-18)30-24(32)12-11-23(31)28-30/h4-12,17,20H,13-16H2,1-3H3,(H,27,33)(H,28,31). The van der Waals surface area contributed by atoms with Crippen molar-refractivity contribution in [2.45, 2.75) is 45.1 Å². The summed E-state index contributed by atoms with van der Waals surface area (Å²) in [6.07, 6.45) is 1.72. The van der Waals surface area contributed by atoms with Gasteiger partial charge in [0.05, 0.1) is 5.69 Å². The van der Waals surface area contributed by atoms with E-state index in [9.17, 15) is 14.4 Å². The Balaban J connectivity index is 1.38. The highest BCUT2D eigenvalue weighted by Crippen LogP contribution is 2.26. The molecule has 1 fully saturated rings. The summed E-state index contributed by atoms with van der Waals surface area (Å²) in [5, 5.41) is 5.60. The van der Waals surface area contributed by atoms with Crippen LogP contribution in [0.2, 0.25) is 0 Å². The van der Waals surface area contributed by atoms with Crippen LogP contribution in [0.25, 0.3) is 5.69 Å². The smallest absolute Gasteiger partial charge is 0.269 e. The van der Waals surface area contributed by atoms with Gasteiger partial charge >= 0.3 is 0 Å². The molecule has 1 aromatic heterocycles. The molecule has 2 N–H and O–H groups in total. The first-order chi connectivity index (χ1) is 15.7. The topological polar surface area (TPSA) is 87.2 Å². The molecule has 1 aliphatic rings. The zero-order chi connectivity index (χ0) is 23.6. The first kappa shape index (κ1) is 22.6. The fourth-order valence-electron chi connectivity index (χ4n) is 4.13. The molecule has 3 aromatic rings. The minimum Gasteiger partial charge on any atom is -0.371 e. The lowest BCUT2D eigenvalue weighted by molar-refractivity contribution is 0.0931. The minimum atomic E-state index is -0.385. The minimum absolute atomic E-state index is 0.0884. The fraction of sp³-hybridized carbons (Fsp3) is 0.346. The van der Waals surface area contributed by atoms with Gasteiger partial charge in [0.1, 0.15) is 0 Å². The van der Waals surface area contributed by atoms with E-state index in [2.05, 4.69) is 60.4 Å². The molecule has 2 aromatic carbocycles. The summed E-state index contributed by atoms with van der Waals surface area (Å²) in [5.74, 6) is -0.184. The summed E-state index contributed by atoms with van der Waals surface area (Å²) >= 11 is 0. The molecule has 0 saturated carbocycles. The van der Waals surface area contributed by atoms with Crippen LogP contribution < -0.4 is 21.3 Å². The van der Waals surface area contributed by atoms with Gasteiger partial charge < -0.3 is 10.2 Å². The number of benzene rings is 2. The molecular weight excluding hydrogens is 416 g/mol. The number of rotatable bonds is 4. The van der Waals surface area contributed by atoms with Gasteiger partial charge in [-0.15, -0.1) is 0 Å². The molecule has 1 saturated heterocycles. The average molecular weight is 447 g/mol. The van der Waals surface area contributed by atoms with Crippen LogP contribution >= 0.6 is 0 Å². The molecule has 33 heavy (non-hydrogen) atoms. The van der Waals surface area contributed by atoms with E-state index in [-0.39, 0.29) is 28.5 Å². The first-order valence-electron chi connectivity index (χ1n) is 11.3. The van der Waals surface area contributed by atoms with Crippen molar-refractivity contribution in [1.29, 1.82) is 0 Å². The van der Waals surface area contributed by atoms with E-state index in [0.717, 1.165) is 30.6 Å². The van der Waals surface area contributed by atoms with Gasteiger partial charge in [-0.1, -0.05) is 39.0 Å². The van der Waals surface area contributed by atoms with E-state index < -0.39 is 0 Å². The number of hydrogen-bond acceptors (Lipinski definition) is 4. The van der Waals surface area contributed by atoms with E-state index >= 15 is 0 Å². The maximum Gasteiger partial charge on any atom is 0.269 e. The molecule has 0 spiro atoms. The second-order valence-electron chi connectivity index (χ2n) is 9.57. The van der Waals surface area contributed by atoms with E-state index in [1.807, 2.05) is 0 Å². The van der Waals surface area contributed by atoms with Gasteiger partial charge in [-0.25, -0.2) is 4.68 Å². The highest BCUT2D eigenvalue weighted by atomic mass is 16.2. The van der Waals surface area contributed by atoms with Gasteiger partial charge in [-0.05, 0) is 54.2 Å². The third kappa shape index (κ3) is 5.25. The van der Waals surface area contributed by atoms with Crippen LogP contribution in [0.4, 0.5) is 5.69 Å². The monoisotopic (exact) mass is 446 g/mol. The molecular formula is C26H30N4O3. The number of anilines is 1. The Labute approximate surface area is 193 Å². The summed E-state index contributed by atoms with van der Waals surface area (Å²) in [4.78, 5) is 38.9. The van der Waals surface area contributed by atoms with Crippen LogP contribution in [0.1, 0.15) is 49.5 Å². The molecule has 4 rings (SSSR count). The molecule has 1 amide bonds. The van der Waals surface area contributed by atoms with Crippen molar-refractivity contribution in [2.75, 3.05) is 18.0 Å². The SMILES string of the molecule is CC(C)(C)c1ccc(N2CCC(NC(=O)c3cccc(-n4[nH]c(=O)ccc4=O)c3)CC2)cc1. The average Bonchev–Trinajstić information content (AvgIpc) is 2.81. The third-order valence-corrected chi connectivity index (χ3v) is 6.11. The number of H-pyrrole nitrogens is 1. The zero-order valence-corrected chi connectivity index (χ0v) is 19.3. The Kier molecular flexibility index (Phi) is 6.22. The second-order valence-corrected chi connectivity index (χ2v) is 9.57. The second kappa shape index (κ2) is 9.10. The number of carbonyl (C=O) groups is 1. The van der Waals surface area contributed by atoms with Gasteiger partial charge in [0.2, 0.25) is 0 Å². The van der Waals surface area contributed by atoms with E-state index in [1.54, 1.807) is 24.3 Å². The molecule has 0 unspecified atom stereocenters. The summed E-state index contributed by atoms with van der Waals surface area (Å²) < 4.78 is 1.14. The predicted molar refractivity (Wildman–Crippen MR) is 131 cm³/mol. The van der Waals surface area contributed by atoms with E-state index in [4.69, 9.17) is 0 Å². The van der Waals surface area contributed by atoms with Crippen molar-refractivity contribution in [3.63, 3.8) is 0 Å². The molecule has 7 nitrogen and oxygen atoms in total. The van der Waals surface area contributed by atoms with Crippen LogP contribution in [-0.2, 0) is 5.41 Å². The maximum absolute atomic E-state index is 12.8. The summed E-state index contributed by atoms with van der Waals surface area (Å²) in [7, 11) is 0. The molecule has 2 heterocycles. The van der Waals surface area contributed by atoms with Crippen LogP contribution in [0.15, 0.2) is 70.3 Å². The number of piperidine rings is 1. The number of aromatic amines is 1. The predicted octanol–water partition coefficient (Wildman–Crippen LogP) is 3.22. The fourth-order valence-corrected chi connectivity index (χ4v) is 4.13. The normalized spacial score (nSPS) is 14.8. The third-order valence-electron chi connectivity index (χ3n) is 6.11. The summed E-state index contributed by atoms with van der Waals surface area (Å²) in [6, 6.07) is 17.9. The van der Waals surface area contributed by atoms with Gasteiger partial charge in [0, 0.05) is 42.5 Å². The molecule has 1 aliphatic heterocycles. The van der Waals surface area contributed by atoms with Gasteiger partial charge in [-0.2, -0.15) is 0 Å². The Morgan fingerprint density at radius 3 is 2.30 bits per heavy atom. The lowest BCUT2D eigenvalue weighted by Crippen LogP contribution is -2.44. The number of carbonyl (C=O) groups excluding carboxylic acids is 1. The number of amides is 1. The van der Waals surface area contributed by atoms with Crippen LogP contribution in [0, 0.1) is 0 Å². The van der Waals surface area contributed by atoms with Crippen molar-refractivity contribution in [3.05, 3.63) is 92.5 Å². The van der Waals surface area contributed by atoms with Gasteiger partial charge in [-0.3, -0.25) is 19.5 Å². The van der Waals surface area contributed by atoms with Crippen molar-refractivity contribution in [2.24, 2.45) is 0 Å². The maximum atomic E-state index is 12.8. The number of nitrogens with one attached hydrogen (secondary N) is 2. The highest BCUT2D eigenvalue weighted by Gasteiger charge is 2.22. The van der Waals surface area contributed by atoms with Crippen molar-refractivity contribution in [1.82, 2.24) is 15.1 Å². The largest absolute Gasteiger partial charge is 0.371 e. The Bertz CT molecular complexity index is 1240. The Hall–Kier alpha value is -3.61. The highest BCUT2D eigenvalue weighted by molar-refractivity contribution is 5.94. The lowest BCUT2D eigenvalue weighted by atomic mass is 9.87. The van der Waals surface area contributed by atoms with Crippen molar-refractivity contribution in [3.8, 4) is 5.69 Å². The molecule has 172 valence electrons. The molecule has 0 radical (unpaired) electrons. The summed E-state index contributed by atoms with van der Waals surface area (Å²) in [6.45, 7) is 8.39. The number of hydrogen-bond donors (Lipinski definition) is 2. The van der Waals surface area contributed by atoms with Crippen molar-refractivity contribution >= 4 is 11.6 Å². The number of nitrogens with zero attached hydrogens (tertiary/aromatic N) is 2. The van der Waals surface area contributed by atoms with E-state index in [0.29, 0.717) is 11.3 Å². The van der Waals surface area contributed by atoms with Crippen LogP contribution in [0.3, 0.4) is 0 Å². The molecule has 7 heteroatoms. The molecule has 0 aliphatic carbocycles. The molecule has 0 atom stereocenters. The van der Waals surface area contributed by atoms with Gasteiger partial charge in [0.15, 0.2) is 0 Å². The molecule has 0 bridgehead atoms. The van der Waals surface area contributed by atoms with E-state index in [1.165, 1.54) is 23.4 Å². The van der Waals surface area contributed by atoms with Crippen LogP contribution in [0.5, 0.6) is 0 Å². The zero-order valence-electron chi connectivity index (χ0n) is 19.3. The number of aromatic nitrogens is 2. The van der Waals surface area contributed by atoms with Crippen LogP contribution in [-0.4, -0.2) is 34.8 Å². The lowest BCUT2D eigenvalue weighted by Gasteiger charge is -2.34. The summed E-state index contributed by atoms with van der Waals surface area (Å²) in [5.41, 5.74) is 2.80. The quantitative estimate of drug-likeness (QED) is 0.644. The Morgan fingerprint density at radius 2 is 1.64 bits per heavy atom. The van der Waals surface area contributed by atoms with Crippen molar-refractivity contribution < 1.29 is 4.79 Å². The Morgan fingerprint density at radius 1 is 0.939 bits per heavy atom.